The van der Waals surface area contributed by atoms with E-state index < -0.39 is 0 Å². The Kier molecular flexibility index (Phi) is 4.20. The topological polar surface area (TPSA) is 4.93 Å². The third-order valence-electron chi connectivity index (χ3n) is 8.40. The molecule has 0 saturated carbocycles. The van der Waals surface area contributed by atoms with Crippen LogP contribution in [0.1, 0.15) is 5.56 Å². The fourth-order valence-electron chi connectivity index (χ4n) is 6.72. The average Bonchev–Trinajstić information content (AvgIpc) is 3.62. The van der Waals surface area contributed by atoms with Crippen LogP contribution in [0.2, 0.25) is 0 Å². The molecule has 0 spiro atoms. The third kappa shape index (κ3) is 2.84. The molecule has 0 radical (unpaired) electrons. The number of rotatable bonds is 2. The number of para-hydroxylation sites is 2. The molecule has 1 aliphatic carbocycles. The Morgan fingerprint density at radius 3 is 2.26 bits per heavy atom. The molecule has 0 atom stereocenters. The second kappa shape index (κ2) is 7.69. The van der Waals surface area contributed by atoms with Gasteiger partial charge in [0, 0.05) is 42.6 Å². The van der Waals surface area contributed by atoms with E-state index in [-0.39, 0.29) is 0 Å². The zero-order valence-electron chi connectivity index (χ0n) is 21.4. The molecule has 6 aromatic carbocycles. The van der Waals surface area contributed by atoms with Gasteiger partial charge in [0.05, 0.1) is 11.0 Å². The highest BCUT2D eigenvalue weighted by Crippen LogP contribution is 2.55. The summed E-state index contributed by atoms with van der Waals surface area (Å²) >= 11 is 1.93. The molecule has 2 heteroatoms. The van der Waals surface area contributed by atoms with Crippen molar-refractivity contribution < 1.29 is 0 Å². The Balaban J connectivity index is 1.30. The SMILES string of the molecule is Cc1ccc2sc3c(c2c1)-c1ccc(-c2ccc4c(c2)c2ccccc2n4-c2ccccc2)c2cccc-3c12. The van der Waals surface area contributed by atoms with Gasteiger partial charge in [-0.25, -0.2) is 0 Å². The summed E-state index contributed by atoms with van der Waals surface area (Å²) in [5.41, 5.74) is 11.7. The first-order valence-corrected chi connectivity index (χ1v) is 14.3. The van der Waals surface area contributed by atoms with Crippen LogP contribution in [-0.4, -0.2) is 4.57 Å². The molecular weight excluding hydrogens is 490 g/mol. The molecule has 9 rings (SSSR count). The minimum absolute atomic E-state index is 1.19. The van der Waals surface area contributed by atoms with Gasteiger partial charge in [-0.15, -0.1) is 11.3 Å². The summed E-state index contributed by atoms with van der Waals surface area (Å²) in [4.78, 5) is 1.41. The van der Waals surface area contributed by atoms with Gasteiger partial charge in [-0.1, -0.05) is 84.4 Å². The number of aromatic nitrogens is 1. The molecule has 0 fully saturated rings. The maximum Gasteiger partial charge on any atom is 0.0541 e. The summed E-state index contributed by atoms with van der Waals surface area (Å²) in [6.07, 6.45) is 0. The van der Waals surface area contributed by atoms with Crippen molar-refractivity contribution in [1.29, 1.82) is 0 Å². The Morgan fingerprint density at radius 1 is 0.538 bits per heavy atom. The van der Waals surface area contributed by atoms with E-state index >= 15 is 0 Å². The van der Waals surface area contributed by atoms with Crippen LogP contribution in [-0.2, 0) is 0 Å². The number of hydrogen-bond acceptors (Lipinski definition) is 1. The molecule has 0 aliphatic heterocycles. The summed E-state index contributed by atoms with van der Waals surface area (Å²) in [5.74, 6) is 0. The second-order valence-corrected chi connectivity index (χ2v) is 11.7. The van der Waals surface area contributed by atoms with Crippen LogP contribution < -0.4 is 0 Å². The zero-order chi connectivity index (χ0) is 25.7. The lowest BCUT2D eigenvalue weighted by molar-refractivity contribution is 1.18. The molecule has 182 valence electrons. The maximum atomic E-state index is 2.39. The van der Waals surface area contributed by atoms with E-state index in [2.05, 4.69) is 133 Å². The number of nitrogens with zero attached hydrogens (tertiary/aromatic N) is 1. The lowest BCUT2D eigenvalue weighted by Gasteiger charge is -2.11. The number of aryl methyl sites for hydroxylation is 1. The van der Waals surface area contributed by atoms with Crippen LogP contribution in [0, 0.1) is 6.92 Å². The second-order valence-electron chi connectivity index (χ2n) is 10.6. The molecule has 2 aromatic heterocycles. The number of fused-ring (bicyclic) bond motifs is 8. The first-order valence-electron chi connectivity index (χ1n) is 13.4. The van der Waals surface area contributed by atoms with Crippen molar-refractivity contribution in [2.45, 2.75) is 6.92 Å². The third-order valence-corrected chi connectivity index (χ3v) is 9.60. The van der Waals surface area contributed by atoms with Crippen molar-refractivity contribution in [1.82, 2.24) is 4.57 Å². The van der Waals surface area contributed by atoms with Crippen molar-refractivity contribution in [3.8, 4) is 38.4 Å². The quantitative estimate of drug-likeness (QED) is 0.217. The van der Waals surface area contributed by atoms with Gasteiger partial charge in [0.25, 0.3) is 0 Å². The molecule has 39 heavy (non-hydrogen) atoms. The highest BCUT2D eigenvalue weighted by atomic mass is 32.1. The Bertz CT molecular complexity index is 2280. The van der Waals surface area contributed by atoms with E-state index in [9.17, 15) is 0 Å². The van der Waals surface area contributed by atoms with Crippen LogP contribution >= 0.6 is 11.3 Å². The van der Waals surface area contributed by atoms with Crippen molar-refractivity contribution in [3.63, 3.8) is 0 Å². The zero-order valence-corrected chi connectivity index (χ0v) is 22.2. The largest absolute Gasteiger partial charge is 0.309 e. The molecule has 0 amide bonds. The Labute approximate surface area is 230 Å². The summed E-state index contributed by atoms with van der Waals surface area (Å²) in [5, 5.41) is 6.69. The van der Waals surface area contributed by atoms with Gasteiger partial charge < -0.3 is 4.57 Å². The average molecular weight is 514 g/mol. The van der Waals surface area contributed by atoms with Gasteiger partial charge in [-0.2, -0.15) is 0 Å². The molecule has 1 nitrogen and oxygen atoms in total. The van der Waals surface area contributed by atoms with Gasteiger partial charge in [0.15, 0.2) is 0 Å². The van der Waals surface area contributed by atoms with Crippen molar-refractivity contribution >= 4 is 54.0 Å². The van der Waals surface area contributed by atoms with E-state index in [1.54, 1.807) is 0 Å². The van der Waals surface area contributed by atoms with Gasteiger partial charge in [-0.05, 0) is 76.9 Å². The summed E-state index contributed by atoms with van der Waals surface area (Å²) in [6, 6.07) is 44.8. The monoisotopic (exact) mass is 513 g/mol. The fourth-order valence-corrected chi connectivity index (χ4v) is 7.95. The number of hydrogen-bond donors (Lipinski definition) is 0. The van der Waals surface area contributed by atoms with Crippen LogP contribution in [0.3, 0.4) is 0 Å². The lowest BCUT2D eigenvalue weighted by Crippen LogP contribution is -1.92. The molecule has 1 aliphatic rings. The van der Waals surface area contributed by atoms with Crippen LogP contribution in [0.4, 0.5) is 0 Å². The maximum absolute atomic E-state index is 2.39. The molecule has 0 saturated heterocycles. The van der Waals surface area contributed by atoms with E-state index in [0.717, 1.165) is 0 Å². The summed E-state index contributed by atoms with van der Waals surface area (Å²) in [6.45, 7) is 2.19. The van der Waals surface area contributed by atoms with E-state index in [0.29, 0.717) is 0 Å². The predicted molar refractivity (Wildman–Crippen MR) is 168 cm³/mol. The molecule has 8 aromatic rings. The van der Waals surface area contributed by atoms with E-state index in [1.807, 2.05) is 11.3 Å². The van der Waals surface area contributed by atoms with Crippen molar-refractivity contribution in [2.24, 2.45) is 0 Å². The fraction of sp³-hybridized carbons (Fsp3) is 0.0270. The molecular formula is C37H23NS. The van der Waals surface area contributed by atoms with E-state index in [4.69, 9.17) is 0 Å². The van der Waals surface area contributed by atoms with Crippen molar-refractivity contribution in [3.05, 3.63) is 127 Å². The molecule has 0 N–H and O–H groups in total. The minimum atomic E-state index is 1.19. The highest BCUT2D eigenvalue weighted by Gasteiger charge is 2.27. The molecule has 2 heterocycles. The summed E-state index contributed by atoms with van der Waals surface area (Å²) in [7, 11) is 0. The van der Waals surface area contributed by atoms with Gasteiger partial charge in [0.1, 0.15) is 0 Å². The van der Waals surface area contributed by atoms with Crippen molar-refractivity contribution in [2.75, 3.05) is 0 Å². The number of thiophene rings is 1. The molecule has 0 bridgehead atoms. The summed E-state index contributed by atoms with van der Waals surface area (Å²) < 4.78 is 3.75. The Hall–Kier alpha value is -4.66. The minimum Gasteiger partial charge on any atom is -0.309 e. The van der Waals surface area contributed by atoms with Crippen LogP contribution in [0.25, 0.3) is 81.0 Å². The van der Waals surface area contributed by atoms with Gasteiger partial charge in [0.2, 0.25) is 0 Å². The standard InChI is InChI=1S/C37H23NS/c1-22-14-19-34-31(20-22)36-28-17-16-25(27-11-7-12-29(35(27)28)37(36)39-34)23-15-18-33-30(21-23)26-10-5-6-13-32(26)38(33)24-8-3-2-4-9-24/h2-21H,1H3. The predicted octanol–water partition coefficient (Wildman–Crippen LogP) is 10.8. The van der Waals surface area contributed by atoms with E-state index in [1.165, 1.54) is 86.6 Å². The lowest BCUT2D eigenvalue weighted by atomic mass is 9.93. The van der Waals surface area contributed by atoms with Crippen LogP contribution in [0.5, 0.6) is 0 Å². The molecule has 0 unspecified atom stereocenters. The first kappa shape index (κ1) is 21.3. The normalized spacial score (nSPS) is 12.2. The smallest absolute Gasteiger partial charge is 0.0541 e. The van der Waals surface area contributed by atoms with Gasteiger partial charge in [-0.3, -0.25) is 0 Å². The highest BCUT2D eigenvalue weighted by molar-refractivity contribution is 7.23. The van der Waals surface area contributed by atoms with Crippen LogP contribution in [0.15, 0.2) is 121 Å². The first-order chi connectivity index (χ1) is 19.3. The van der Waals surface area contributed by atoms with Gasteiger partial charge >= 0.3 is 0 Å². The Morgan fingerprint density at radius 2 is 1.33 bits per heavy atom. The number of benzene rings is 6.